The van der Waals surface area contributed by atoms with E-state index >= 15 is 0 Å². The maximum absolute atomic E-state index is 9.75. The molecule has 1 nitrogen and oxygen atoms in total. The first-order valence-electron chi connectivity index (χ1n) is 6.14. The lowest BCUT2D eigenvalue weighted by molar-refractivity contribution is 0.137. The number of aliphatic hydroxyl groups excluding tert-OH is 1. The molecule has 1 aliphatic rings. The number of rotatable bonds is 6. The van der Waals surface area contributed by atoms with E-state index in [-0.39, 0.29) is 6.10 Å². The Morgan fingerprint density at radius 2 is 1.93 bits per heavy atom. The number of aliphatic hydroxyl groups is 1. The van der Waals surface area contributed by atoms with Crippen molar-refractivity contribution in [1.29, 1.82) is 0 Å². The molecule has 84 valence electrons. The molecule has 1 rings (SSSR count). The molecule has 0 radical (unpaired) electrons. The molecule has 0 saturated heterocycles. The van der Waals surface area contributed by atoms with Gasteiger partial charge in [-0.05, 0) is 25.0 Å². The van der Waals surface area contributed by atoms with Crippen LogP contribution in [0.5, 0.6) is 0 Å². The van der Waals surface area contributed by atoms with Gasteiger partial charge in [-0.25, -0.2) is 0 Å². The summed E-state index contributed by atoms with van der Waals surface area (Å²) in [7, 11) is 0. The molecule has 1 N–H and O–H groups in total. The monoisotopic (exact) mass is 216 g/mol. The van der Waals surface area contributed by atoms with Crippen molar-refractivity contribution in [3.05, 3.63) is 0 Å². The molecule has 0 amide bonds. The second-order valence-electron chi connectivity index (χ2n) is 4.32. The minimum absolute atomic E-state index is 0.0140. The van der Waals surface area contributed by atoms with Gasteiger partial charge in [0, 0.05) is 5.25 Å². The number of thioether (sulfide) groups is 1. The summed E-state index contributed by atoms with van der Waals surface area (Å²) < 4.78 is 0. The summed E-state index contributed by atoms with van der Waals surface area (Å²) in [6, 6.07) is 0. The Morgan fingerprint density at radius 1 is 1.14 bits per heavy atom. The van der Waals surface area contributed by atoms with Crippen molar-refractivity contribution < 1.29 is 5.11 Å². The second kappa shape index (κ2) is 7.58. The molecule has 0 aromatic carbocycles. The van der Waals surface area contributed by atoms with Gasteiger partial charge in [-0.15, -0.1) is 0 Å². The number of unbranched alkanes of at least 4 members (excludes halogenated alkanes) is 3. The predicted octanol–water partition coefficient (Wildman–Crippen LogP) is 3.60. The van der Waals surface area contributed by atoms with E-state index in [2.05, 4.69) is 6.92 Å². The number of hydrogen-bond acceptors (Lipinski definition) is 2. The van der Waals surface area contributed by atoms with Crippen LogP contribution in [0.1, 0.15) is 58.3 Å². The normalized spacial score (nSPS) is 27.9. The highest BCUT2D eigenvalue weighted by molar-refractivity contribution is 7.99. The molecule has 2 atom stereocenters. The smallest absolute Gasteiger partial charge is 0.0658 e. The van der Waals surface area contributed by atoms with Gasteiger partial charge in [0.05, 0.1) is 6.10 Å². The first-order valence-corrected chi connectivity index (χ1v) is 7.19. The molecular weight excluding hydrogens is 192 g/mol. The zero-order chi connectivity index (χ0) is 10.2. The van der Waals surface area contributed by atoms with Gasteiger partial charge in [0.2, 0.25) is 0 Å². The zero-order valence-corrected chi connectivity index (χ0v) is 10.2. The van der Waals surface area contributed by atoms with Crippen molar-refractivity contribution >= 4 is 11.8 Å². The molecule has 14 heavy (non-hydrogen) atoms. The Labute approximate surface area is 92.7 Å². The van der Waals surface area contributed by atoms with Gasteiger partial charge < -0.3 is 5.11 Å². The van der Waals surface area contributed by atoms with Crippen molar-refractivity contribution in [2.45, 2.75) is 69.6 Å². The van der Waals surface area contributed by atoms with Crippen LogP contribution in [-0.4, -0.2) is 22.2 Å². The third-order valence-electron chi connectivity index (χ3n) is 3.00. The first kappa shape index (κ1) is 12.4. The Hall–Kier alpha value is 0.310. The summed E-state index contributed by atoms with van der Waals surface area (Å²) in [6.07, 6.45) is 10.2. The van der Waals surface area contributed by atoms with Crippen molar-refractivity contribution in [2.75, 3.05) is 5.75 Å². The second-order valence-corrected chi connectivity index (χ2v) is 5.67. The average molecular weight is 216 g/mol. The average Bonchev–Trinajstić information content (AvgIpc) is 2.20. The van der Waals surface area contributed by atoms with E-state index in [1.165, 1.54) is 50.7 Å². The van der Waals surface area contributed by atoms with E-state index in [1.54, 1.807) is 0 Å². The SMILES string of the molecule is CCCCCCSC1CCCCC1O. The third kappa shape index (κ3) is 4.70. The Balaban J connectivity index is 1.99. The van der Waals surface area contributed by atoms with Gasteiger partial charge in [0.25, 0.3) is 0 Å². The minimum Gasteiger partial charge on any atom is -0.392 e. The molecule has 0 spiro atoms. The van der Waals surface area contributed by atoms with Crippen LogP contribution in [0.4, 0.5) is 0 Å². The maximum Gasteiger partial charge on any atom is 0.0658 e. The molecule has 2 unspecified atom stereocenters. The van der Waals surface area contributed by atoms with Crippen molar-refractivity contribution in [2.24, 2.45) is 0 Å². The van der Waals surface area contributed by atoms with Crippen LogP contribution in [-0.2, 0) is 0 Å². The van der Waals surface area contributed by atoms with Gasteiger partial charge >= 0.3 is 0 Å². The quantitative estimate of drug-likeness (QED) is 0.685. The third-order valence-corrected chi connectivity index (χ3v) is 4.50. The van der Waals surface area contributed by atoms with E-state index in [0.717, 1.165) is 6.42 Å². The molecule has 0 aliphatic heterocycles. The van der Waals surface area contributed by atoms with Crippen molar-refractivity contribution in [3.8, 4) is 0 Å². The van der Waals surface area contributed by atoms with Crippen LogP contribution in [0.2, 0.25) is 0 Å². The van der Waals surface area contributed by atoms with Gasteiger partial charge in [-0.1, -0.05) is 39.0 Å². The number of hydrogen-bond donors (Lipinski definition) is 1. The standard InChI is InChI=1S/C12H24OS/c1-2-3-4-7-10-14-12-9-6-5-8-11(12)13/h11-13H,2-10H2,1H3. The summed E-state index contributed by atoms with van der Waals surface area (Å²) in [5.41, 5.74) is 0. The van der Waals surface area contributed by atoms with Gasteiger partial charge in [0.1, 0.15) is 0 Å². The molecular formula is C12H24OS. The Morgan fingerprint density at radius 3 is 2.64 bits per heavy atom. The van der Waals surface area contributed by atoms with E-state index in [1.807, 2.05) is 11.8 Å². The van der Waals surface area contributed by atoms with Crippen LogP contribution in [0.15, 0.2) is 0 Å². The first-order chi connectivity index (χ1) is 6.84. The lowest BCUT2D eigenvalue weighted by atomic mass is 9.97. The Kier molecular flexibility index (Phi) is 6.70. The lowest BCUT2D eigenvalue weighted by Crippen LogP contribution is -2.27. The lowest BCUT2D eigenvalue weighted by Gasteiger charge is -2.26. The van der Waals surface area contributed by atoms with Gasteiger partial charge in [-0.2, -0.15) is 11.8 Å². The van der Waals surface area contributed by atoms with Crippen LogP contribution in [0.25, 0.3) is 0 Å². The molecule has 0 aromatic heterocycles. The fourth-order valence-corrected chi connectivity index (χ4v) is 3.40. The van der Waals surface area contributed by atoms with E-state index in [9.17, 15) is 5.11 Å². The largest absolute Gasteiger partial charge is 0.392 e. The maximum atomic E-state index is 9.75. The molecule has 0 aromatic rings. The fourth-order valence-electron chi connectivity index (χ4n) is 2.04. The highest BCUT2D eigenvalue weighted by Crippen LogP contribution is 2.29. The van der Waals surface area contributed by atoms with Crippen LogP contribution in [0.3, 0.4) is 0 Å². The zero-order valence-electron chi connectivity index (χ0n) is 9.37. The summed E-state index contributed by atoms with van der Waals surface area (Å²) in [4.78, 5) is 0. The molecule has 2 heteroatoms. The van der Waals surface area contributed by atoms with Crippen LogP contribution >= 0.6 is 11.8 Å². The highest BCUT2D eigenvalue weighted by atomic mass is 32.2. The van der Waals surface area contributed by atoms with Gasteiger partial charge in [-0.3, -0.25) is 0 Å². The van der Waals surface area contributed by atoms with Gasteiger partial charge in [0.15, 0.2) is 0 Å². The van der Waals surface area contributed by atoms with Crippen LogP contribution in [0, 0.1) is 0 Å². The van der Waals surface area contributed by atoms with E-state index in [0.29, 0.717) is 5.25 Å². The van der Waals surface area contributed by atoms with Crippen LogP contribution < -0.4 is 0 Å². The topological polar surface area (TPSA) is 20.2 Å². The summed E-state index contributed by atoms with van der Waals surface area (Å²) in [5, 5.41) is 10.3. The fraction of sp³-hybridized carbons (Fsp3) is 1.00. The molecule has 1 saturated carbocycles. The minimum atomic E-state index is -0.0140. The highest BCUT2D eigenvalue weighted by Gasteiger charge is 2.22. The summed E-state index contributed by atoms with van der Waals surface area (Å²) >= 11 is 2.01. The predicted molar refractivity (Wildman–Crippen MR) is 64.9 cm³/mol. The summed E-state index contributed by atoms with van der Waals surface area (Å²) in [5.74, 6) is 1.25. The summed E-state index contributed by atoms with van der Waals surface area (Å²) in [6.45, 7) is 2.25. The molecule has 0 heterocycles. The van der Waals surface area contributed by atoms with E-state index < -0.39 is 0 Å². The van der Waals surface area contributed by atoms with Crippen molar-refractivity contribution in [3.63, 3.8) is 0 Å². The molecule has 0 bridgehead atoms. The molecule has 1 aliphatic carbocycles. The van der Waals surface area contributed by atoms with Crippen molar-refractivity contribution in [1.82, 2.24) is 0 Å². The van der Waals surface area contributed by atoms with E-state index in [4.69, 9.17) is 0 Å². The Bertz CT molecular complexity index is 138. The molecule has 1 fully saturated rings.